The molecule has 0 aliphatic heterocycles. The van der Waals surface area contributed by atoms with Crippen LogP contribution in [0.1, 0.15) is 48.5 Å². The van der Waals surface area contributed by atoms with Gasteiger partial charge in [-0.05, 0) is 5.92 Å². The SMILES string of the molecule is Cc1nc(C(=O)CC2CCCC2)co1. The fourth-order valence-corrected chi connectivity index (χ4v) is 2.07. The zero-order valence-corrected chi connectivity index (χ0v) is 8.45. The molecule has 76 valence electrons. The number of aromatic nitrogens is 1. The highest BCUT2D eigenvalue weighted by Crippen LogP contribution is 2.28. The Bertz CT molecular complexity index is 324. The van der Waals surface area contributed by atoms with Gasteiger partial charge in [-0.1, -0.05) is 25.7 Å². The van der Waals surface area contributed by atoms with Crippen molar-refractivity contribution in [1.82, 2.24) is 4.98 Å². The number of aryl methyl sites for hydroxylation is 1. The first kappa shape index (κ1) is 9.44. The van der Waals surface area contributed by atoms with Gasteiger partial charge in [0.2, 0.25) is 0 Å². The lowest BCUT2D eigenvalue weighted by atomic mass is 10.00. The van der Waals surface area contributed by atoms with Gasteiger partial charge >= 0.3 is 0 Å². The topological polar surface area (TPSA) is 43.1 Å². The van der Waals surface area contributed by atoms with Crippen LogP contribution in [0, 0.1) is 12.8 Å². The van der Waals surface area contributed by atoms with E-state index < -0.39 is 0 Å². The zero-order valence-electron chi connectivity index (χ0n) is 8.45. The molecule has 0 N–H and O–H groups in total. The lowest BCUT2D eigenvalue weighted by Gasteiger charge is -2.04. The molecule has 1 saturated carbocycles. The van der Waals surface area contributed by atoms with Crippen molar-refractivity contribution in [2.24, 2.45) is 5.92 Å². The molecule has 1 aliphatic rings. The minimum atomic E-state index is 0.133. The molecule has 0 saturated heterocycles. The molecule has 0 bridgehead atoms. The molecule has 1 aliphatic carbocycles. The number of carbonyl (C=O) groups is 1. The maximum atomic E-state index is 11.7. The molecular weight excluding hydrogens is 178 g/mol. The van der Waals surface area contributed by atoms with E-state index in [1.807, 2.05) is 0 Å². The maximum Gasteiger partial charge on any atom is 0.191 e. The average molecular weight is 193 g/mol. The van der Waals surface area contributed by atoms with Gasteiger partial charge in [0.05, 0.1) is 0 Å². The van der Waals surface area contributed by atoms with Gasteiger partial charge in [-0.15, -0.1) is 0 Å². The van der Waals surface area contributed by atoms with E-state index in [-0.39, 0.29) is 5.78 Å². The Morgan fingerprint density at radius 3 is 2.86 bits per heavy atom. The third kappa shape index (κ3) is 2.03. The monoisotopic (exact) mass is 193 g/mol. The van der Waals surface area contributed by atoms with Gasteiger partial charge in [0.15, 0.2) is 11.7 Å². The summed E-state index contributed by atoms with van der Waals surface area (Å²) in [5, 5.41) is 0. The second-order valence-electron chi connectivity index (χ2n) is 4.03. The Kier molecular flexibility index (Phi) is 2.66. The second-order valence-corrected chi connectivity index (χ2v) is 4.03. The molecule has 0 unspecified atom stereocenters. The highest BCUT2D eigenvalue weighted by atomic mass is 16.3. The number of ketones is 1. The molecule has 1 heterocycles. The quantitative estimate of drug-likeness (QED) is 0.693. The van der Waals surface area contributed by atoms with Crippen molar-refractivity contribution in [3.8, 4) is 0 Å². The first-order valence-electron chi connectivity index (χ1n) is 5.21. The molecule has 2 rings (SSSR count). The number of oxazole rings is 1. The van der Waals surface area contributed by atoms with Crippen LogP contribution in [-0.2, 0) is 0 Å². The maximum absolute atomic E-state index is 11.7. The van der Waals surface area contributed by atoms with Crippen LogP contribution in [0.15, 0.2) is 10.7 Å². The molecule has 1 aromatic heterocycles. The molecule has 3 heteroatoms. The van der Waals surface area contributed by atoms with E-state index >= 15 is 0 Å². The van der Waals surface area contributed by atoms with Crippen molar-refractivity contribution in [2.75, 3.05) is 0 Å². The Labute approximate surface area is 83.5 Å². The Balaban J connectivity index is 1.95. The summed E-state index contributed by atoms with van der Waals surface area (Å²) in [5.74, 6) is 1.29. The molecule has 0 atom stereocenters. The summed E-state index contributed by atoms with van der Waals surface area (Å²) < 4.78 is 5.02. The third-order valence-electron chi connectivity index (χ3n) is 2.85. The van der Waals surface area contributed by atoms with Crippen LogP contribution in [0.5, 0.6) is 0 Å². The summed E-state index contributed by atoms with van der Waals surface area (Å²) in [7, 11) is 0. The summed E-state index contributed by atoms with van der Waals surface area (Å²) in [6.07, 6.45) is 7.05. The molecule has 0 amide bonds. The average Bonchev–Trinajstić information content (AvgIpc) is 2.75. The van der Waals surface area contributed by atoms with E-state index in [9.17, 15) is 4.79 Å². The summed E-state index contributed by atoms with van der Waals surface area (Å²) in [6, 6.07) is 0. The van der Waals surface area contributed by atoms with Gasteiger partial charge in [-0.25, -0.2) is 4.98 Å². The normalized spacial score (nSPS) is 17.5. The van der Waals surface area contributed by atoms with E-state index in [1.54, 1.807) is 6.92 Å². The number of hydrogen-bond acceptors (Lipinski definition) is 3. The van der Waals surface area contributed by atoms with Gasteiger partial charge in [0.25, 0.3) is 0 Å². The number of rotatable bonds is 3. The molecule has 1 aromatic rings. The van der Waals surface area contributed by atoms with Gasteiger partial charge in [-0.3, -0.25) is 4.79 Å². The van der Waals surface area contributed by atoms with Crippen LogP contribution >= 0.6 is 0 Å². The molecule has 14 heavy (non-hydrogen) atoms. The van der Waals surface area contributed by atoms with Crippen molar-refractivity contribution in [3.05, 3.63) is 17.8 Å². The van der Waals surface area contributed by atoms with Crippen LogP contribution in [0.3, 0.4) is 0 Å². The number of nitrogens with zero attached hydrogens (tertiary/aromatic N) is 1. The van der Waals surface area contributed by atoms with Crippen molar-refractivity contribution in [2.45, 2.75) is 39.0 Å². The fourth-order valence-electron chi connectivity index (χ4n) is 2.07. The summed E-state index contributed by atoms with van der Waals surface area (Å²) >= 11 is 0. The van der Waals surface area contributed by atoms with Crippen molar-refractivity contribution in [3.63, 3.8) is 0 Å². The van der Waals surface area contributed by atoms with Gasteiger partial charge < -0.3 is 4.42 Å². The van der Waals surface area contributed by atoms with Crippen LogP contribution in [0.4, 0.5) is 0 Å². The van der Waals surface area contributed by atoms with E-state index in [4.69, 9.17) is 4.42 Å². The van der Waals surface area contributed by atoms with Crippen LogP contribution in [0.25, 0.3) is 0 Å². The van der Waals surface area contributed by atoms with Crippen LogP contribution in [-0.4, -0.2) is 10.8 Å². The summed E-state index contributed by atoms with van der Waals surface area (Å²) in [5.41, 5.74) is 0.495. The van der Waals surface area contributed by atoms with Crippen LogP contribution < -0.4 is 0 Å². The van der Waals surface area contributed by atoms with Gasteiger partial charge in [-0.2, -0.15) is 0 Å². The van der Waals surface area contributed by atoms with E-state index in [2.05, 4.69) is 4.98 Å². The fraction of sp³-hybridized carbons (Fsp3) is 0.636. The standard InChI is InChI=1S/C11H15NO2/c1-8-12-10(7-14-8)11(13)6-9-4-2-3-5-9/h7,9H,2-6H2,1H3. The first-order valence-corrected chi connectivity index (χ1v) is 5.21. The molecular formula is C11H15NO2. The second kappa shape index (κ2) is 3.95. The van der Waals surface area contributed by atoms with Gasteiger partial charge in [0.1, 0.15) is 12.0 Å². The Hall–Kier alpha value is -1.12. The van der Waals surface area contributed by atoms with Crippen molar-refractivity contribution in [1.29, 1.82) is 0 Å². The Morgan fingerprint density at radius 1 is 1.57 bits per heavy atom. The highest BCUT2D eigenvalue weighted by molar-refractivity contribution is 5.94. The first-order chi connectivity index (χ1) is 6.75. The predicted octanol–water partition coefficient (Wildman–Crippen LogP) is 2.75. The smallest absolute Gasteiger partial charge is 0.191 e. The molecule has 0 spiro atoms. The third-order valence-corrected chi connectivity index (χ3v) is 2.85. The van der Waals surface area contributed by atoms with Crippen molar-refractivity contribution < 1.29 is 9.21 Å². The van der Waals surface area contributed by atoms with E-state index in [0.29, 0.717) is 23.9 Å². The summed E-state index contributed by atoms with van der Waals surface area (Å²) in [6.45, 7) is 1.76. The lowest BCUT2D eigenvalue weighted by molar-refractivity contribution is 0.0957. The number of hydrogen-bond donors (Lipinski definition) is 0. The molecule has 0 aromatic carbocycles. The minimum Gasteiger partial charge on any atom is -0.449 e. The van der Waals surface area contributed by atoms with E-state index in [1.165, 1.54) is 31.9 Å². The zero-order chi connectivity index (χ0) is 9.97. The molecule has 0 radical (unpaired) electrons. The molecule has 1 fully saturated rings. The predicted molar refractivity (Wildman–Crippen MR) is 52.1 cm³/mol. The van der Waals surface area contributed by atoms with Crippen LogP contribution in [0.2, 0.25) is 0 Å². The summed E-state index contributed by atoms with van der Waals surface area (Å²) in [4.78, 5) is 15.7. The minimum absolute atomic E-state index is 0.133. The van der Waals surface area contributed by atoms with Crippen molar-refractivity contribution >= 4 is 5.78 Å². The Morgan fingerprint density at radius 2 is 2.29 bits per heavy atom. The van der Waals surface area contributed by atoms with E-state index in [0.717, 1.165) is 0 Å². The molecule has 3 nitrogen and oxygen atoms in total. The lowest BCUT2D eigenvalue weighted by Crippen LogP contribution is -2.06. The largest absolute Gasteiger partial charge is 0.449 e. The van der Waals surface area contributed by atoms with Gasteiger partial charge in [0, 0.05) is 13.3 Å². The number of Topliss-reactive ketones (excluding diaryl/α,β-unsaturated/α-hetero) is 1. The highest BCUT2D eigenvalue weighted by Gasteiger charge is 2.20. The number of carbonyl (C=O) groups excluding carboxylic acids is 1.